The second kappa shape index (κ2) is 12.6. The lowest BCUT2D eigenvalue weighted by Gasteiger charge is -2.37. The van der Waals surface area contributed by atoms with Crippen molar-refractivity contribution in [2.45, 2.75) is 32.5 Å². The SMILES string of the molecule is COc1ccc(C(OCC(C)OP(C)(=O)OCC(C)C)(c2ccccc2)c2ccc(OC)cc2)cc1. The Hall–Kier alpha value is -2.63. The van der Waals surface area contributed by atoms with Crippen LogP contribution in [-0.2, 0) is 24.0 Å². The van der Waals surface area contributed by atoms with Crippen molar-refractivity contribution in [2.75, 3.05) is 34.1 Å². The van der Waals surface area contributed by atoms with Gasteiger partial charge in [-0.25, -0.2) is 0 Å². The highest BCUT2D eigenvalue weighted by Gasteiger charge is 2.38. The monoisotopic (exact) mass is 512 g/mol. The zero-order chi connectivity index (χ0) is 26.2. The predicted octanol–water partition coefficient (Wildman–Crippen LogP) is 6.91. The Morgan fingerprint density at radius 3 is 1.64 bits per heavy atom. The van der Waals surface area contributed by atoms with Gasteiger partial charge in [-0.1, -0.05) is 68.4 Å². The topological polar surface area (TPSA) is 63.2 Å². The number of hydrogen-bond donors (Lipinski definition) is 0. The minimum Gasteiger partial charge on any atom is -0.497 e. The van der Waals surface area contributed by atoms with E-state index in [1.54, 1.807) is 14.2 Å². The zero-order valence-corrected chi connectivity index (χ0v) is 22.9. The van der Waals surface area contributed by atoms with E-state index in [4.69, 9.17) is 23.3 Å². The molecule has 0 heterocycles. The Labute approximate surface area is 215 Å². The maximum atomic E-state index is 12.9. The van der Waals surface area contributed by atoms with E-state index >= 15 is 0 Å². The van der Waals surface area contributed by atoms with Crippen LogP contribution < -0.4 is 9.47 Å². The highest BCUT2D eigenvalue weighted by molar-refractivity contribution is 7.53. The fraction of sp³-hybridized carbons (Fsp3) is 0.379. The van der Waals surface area contributed by atoms with Crippen LogP contribution in [0.4, 0.5) is 0 Å². The van der Waals surface area contributed by atoms with Gasteiger partial charge >= 0.3 is 7.60 Å². The zero-order valence-electron chi connectivity index (χ0n) is 22.0. The Bertz CT molecular complexity index is 1070. The molecular formula is C29H37O6P. The van der Waals surface area contributed by atoms with Gasteiger partial charge in [-0.15, -0.1) is 0 Å². The third-order valence-corrected chi connectivity index (χ3v) is 7.08. The molecule has 0 aliphatic rings. The van der Waals surface area contributed by atoms with Gasteiger partial charge in [0.15, 0.2) is 0 Å². The van der Waals surface area contributed by atoms with E-state index in [0.717, 1.165) is 28.2 Å². The Morgan fingerprint density at radius 1 is 0.722 bits per heavy atom. The van der Waals surface area contributed by atoms with Crippen LogP contribution >= 0.6 is 7.60 Å². The molecule has 6 nitrogen and oxygen atoms in total. The summed E-state index contributed by atoms with van der Waals surface area (Å²) in [6, 6.07) is 25.7. The first kappa shape index (κ1) is 27.9. The van der Waals surface area contributed by atoms with E-state index in [9.17, 15) is 4.57 Å². The Morgan fingerprint density at radius 2 is 1.19 bits per heavy atom. The molecule has 0 bridgehead atoms. The summed E-state index contributed by atoms with van der Waals surface area (Å²) < 4.78 is 41.8. The number of methoxy groups -OCH3 is 2. The highest BCUT2D eigenvalue weighted by Crippen LogP contribution is 2.46. The molecule has 0 aliphatic heterocycles. The van der Waals surface area contributed by atoms with Crippen LogP contribution in [0.15, 0.2) is 78.9 Å². The summed E-state index contributed by atoms with van der Waals surface area (Å²) in [5.41, 5.74) is 1.82. The van der Waals surface area contributed by atoms with Gasteiger partial charge < -0.3 is 23.3 Å². The first-order valence-corrected chi connectivity index (χ1v) is 14.1. The van der Waals surface area contributed by atoms with E-state index in [0.29, 0.717) is 6.61 Å². The van der Waals surface area contributed by atoms with Crippen molar-refractivity contribution in [3.63, 3.8) is 0 Å². The summed E-state index contributed by atoms with van der Waals surface area (Å²) in [4.78, 5) is 0. The predicted molar refractivity (Wildman–Crippen MR) is 143 cm³/mol. The van der Waals surface area contributed by atoms with Crippen LogP contribution in [0.3, 0.4) is 0 Å². The van der Waals surface area contributed by atoms with E-state index in [1.165, 1.54) is 6.66 Å². The number of rotatable bonds is 13. The first-order chi connectivity index (χ1) is 17.2. The molecule has 2 unspecified atom stereocenters. The van der Waals surface area contributed by atoms with Crippen molar-refractivity contribution >= 4 is 7.60 Å². The fourth-order valence-electron chi connectivity index (χ4n) is 3.99. The summed E-state index contributed by atoms with van der Waals surface area (Å²) in [5, 5.41) is 0. The van der Waals surface area contributed by atoms with Crippen LogP contribution in [-0.4, -0.2) is 40.2 Å². The van der Waals surface area contributed by atoms with Crippen LogP contribution in [0.25, 0.3) is 0 Å². The molecule has 2 atom stereocenters. The third kappa shape index (κ3) is 6.98. The quantitative estimate of drug-likeness (QED) is 0.183. The number of benzene rings is 3. The normalized spacial score (nSPS) is 14.3. The Kier molecular flexibility index (Phi) is 9.75. The standard InChI is InChI=1S/C29H37O6P/c1-22(2)20-34-36(6,30)35-23(3)21-33-29(24-10-8-7-9-11-24,25-12-16-27(31-4)17-13-25)26-14-18-28(32-5)19-15-26/h7-19,22-23H,20-21H2,1-6H3. The number of hydrogen-bond acceptors (Lipinski definition) is 6. The molecule has 0 aliphatic carbocycles. The van der Waals surface area contributed by atoms with E-state index in [1.807, 2.05) is 99.6 Å². The molecule has 7 heteroatoms. The molecule has 0 aromatic heterocycles. The van der Waals surface area contributed by atoms with E-state index in [2.05, 4.69) is 0 Å². The van der Waals surface area contributed by atoms with Gasteiger partial charge in [0.05, 0.1) is 33.5 Å². The minimum absolute atomic E-state index is 0.176. The maximum absolute atomic E-state index is 12.9. The average molecular weight is 513 g/mol. The molecule has 3 aromatic carbocycles. The van der Waals surface area contributed by atoms with Gasteiger partial charge in [0.2, 0.25) is 0 Å². The van der Waals surface area contributed by atoms with E-state index in [-0.39, 0.29) is 12.5 Å². The van der Waals surface area contributed by atoms with Gasteiger partial charge in [0, 0.05) is 6.66 Å². The van der Waals surface area contributed by atoms with Gasteiger partial charge in [-0.05, 0) is 53.8 Å². The summed E-state index contributed by atoms with van der Waals surface area (Å²) >= 11 is 0. The second-order valence-electron chi connectivity index (χ2n) is 9.19. The number of ether oxygens (including phenoxy) is 3. The third-order valence-electron chi connectivity index (χ3n) is 5.72. The maximum Gasteiger partial charge on any atom is 0.327 e. The van der Waals surface area contributed by atoms with Gasteiger partial charge in [0.1, 0.15) is 17.1 Å². The van der Waals surface area contributed by atoms with Crippen molar-refractivity contribution in [1.29, 1.82) is 0 Å². The molecule has 36 heavy (non-hydrogen) atoms. The largest absolute Gasteiger partial charge is 0.497 e. The van der Waals surface area contributed by atoms with Crippen LogP contribution in [0.1, 0.15) is 37.5 Å². The van der Waals surface area contributed by atoms with Crippen LogP contribution in [0, 0.1) is 5.92 Å². The lowest BCUT2D eigenvalue weighted by molar-refractivity contribution is -0.0290. The van der Waals surface area contributed by atoms with Crippen molar-refractivity contribution in [3.05, 3.63) is 95.6 Å². The smallest absolute Gasteiger partial charge is 0.327 e. The van der Waals surface area contributed by atoms with Crippen LogP contribution in [0.2, 0.25) is 0 Å². The van der Waals surface area contributed by atoms with Gasteiger partial charge in [0.25, 0.3) is 0 Å². The van der Waals surface area contributed by atoms with Crippen LogP contribution in [0.5, 0.6) is 11.5 Å². The minimum atomic E-state index is -3.23. The molecule has 0 saturated heterocycles. The molecule has 0 amide bonds. The molecule has 0 fully saturated rings. The summed E-state index contributed by atoms with van der Waals surface area (Å²) in [7, 11) is 0.0485. The molecule has 0 spiro atoms. The Balaban J connectivity index is 2.02. The lowest BCUT2D eigenvalue weighted by Crippen LogP contribution is -2.35. The second-order valence-corrected chi connectivity index (χ2v) is 11.2. The van der Waals surface area contributed by atoms with Gasteiger partial charge in [-0.2, -0.15) is 0 Å². The molecule has 0 N–H and O–H groups in total. The first-order valence-electron chi connectivity index (χ1n) is 12.1. The average Bonchev–Trinajstić information content (AvgIpc) is 2.89. The molecule has 3 rings (SSSR count). The lowest BCUT2D eigenvalue weighted by atomic mass is 9.80. The summed E-state index contributed by atoms with van der Waals surface area (Å²) in [6.07, 6.45) is -0.479. The van der Waals surface area contributed by atoms with Crippen molar-refractivity contribution in [3.8, 4) is 11.5 Å². The van der Waals surface area contributed by atoms with E-state index < -0.39 is 19.3 Å². The van der Waals surface area contributed by atoms with Crippen molar-refractivity contribution in [1.82, 2.24) is 0 Å². The molecule has 0 saturated carbocycles. The van der Waals surface area contributed by atoms with Crippen molar-refractivity contribution < 1.29 is 27.8 Å². The summed E-state index contributed by atoms with van der Waals surface area (Å²) in [5.74, 6) is 1.76. The molecule has 194 valence electrons. The summed E-state index contributed by atoms with van der Waals surface area (Å²) in [6.45, 7) is 7.90. The van der Waals surface area contributed by atoms with Gasteiger partial charge in [-0.3, -0.25) is 4.57 Å². The molecule has 3 aromatic rings. The molecular weight excluding hydrogens is 475 g/mol. The fourth-order valence-corrected chi connectivity index (χ4v) is 5.33. The highest BCUT2D eigenvalue weighted by atomic mass is 31.2. The molecule has 0 radical (unpaired) electrons. The van der Waals surface area contributed by atoms with Crippen molar-refractivity contribution in [2.24, 2.45) is 5.92 Å².